The van der Waals surface area contributed by atoms with Gasteiger partial charge in [-0.05, 0) is 32.1 Å². The second kappa shape index (κ2) is 6.01. The normalized spacial score (nSPS) is 21.7. The molecule has 0 spiro atoms. The number of carbonyl (C=O) groups excluding carboxylic acids is 2. The van der Waals surface area contributed by atoms with Crippen molar-refractivity contribution in [2.45, 2.75) is 38.5 Å². The van der Waals surface area contributed by atoms with Gasteiger partial charge in [0.1, 0.15) is 0 Å². The van der Waals surface area contributed by atoms with Crippen molar-refractivity contribution >= 4 is 28.4 Å². The molecule has 1 atom stereocenters. The van der Waals surface area contributed by atoms with Crippen molar-refractivity contribution in [1.82, 2.24) is 9.88 Å². The highest BCUT2D eigenvalue weighted by atomic mass is 32.1. The van der Waals surface area contributed by atoms with Crippen LogP contribution in [0.15, 0.2) is 0 Å². The van der Waals surface area contributed by atoms with E-state index in [1.165, 1.54) is 24.1 Å². The fraction of sp³-hybridized carbons (Fsp3) is 0.643. The van der Waals surface area contributed by atoms with E-state index in [9.17, 15) is 9.59 Å². The summed E-state index contributed by atoms with van der Waals surface area (Å²) in [6, 6.07) is -0.178. The van der Waals surface area contributed by atoms with Crippen LogP contribution in [0.1, 0.15) is 36.3 Å². The zero-order chi connectivity index (χ0) is 14.8. The first kappa shape index (κ1) is 14.3. The van der Waals surface area contributed by atoms with Gasteiger partial charge in [-0.25, -0.2) is 9.78 Å². The van der Waals surface area contributed by atoms with Gasteiger partial charge in [0.25, 0.3) is 0 Å². The van der Waals surface area contributed by atoms with Crippen LogP contribution >= 0.6 is 11.3 Å². The zero-order valence-electron chi connectivity index (χ0n) is 11.9. The quantitative estimate of drug-likeness (QED) is 0.816. The Morgan fingerprint density at radius 2 is 2.10 bits per heavy atom. The summed E-state index contributed by atoms with van der Waals surface area (Å²) in [4.78, 5) is 30.8. The first-order valence-corrected chi connectivity index (χ1v) is 8.29. The SMILES string of the molecule is NC(=O)C1CCN(C(=O)Nc2nc3c(s2)CCCCC3)C1. The number of nitrogens with zero attached hydrogens (tertiary/aromatic N) is 2. The van der Waals surface area contributed by atoms with Gasteiger partial charge in [0.05, 0.1) is 11.6 Å². The van der Waals surface area contributed by atoms with E-state index in [2.05, 4.69) is 10.3 Å². The number of aryl methyl sites for hydroxylation is 2. The summed E-state index contributed by atoms with van der Waals surface area (Å²) in [5, 5.41) is 3.54. The molecule has 2 aliphatic rings. The lowest BCUT2D eigenvalue weighted by Gasteiger charge is -2.15. The van der Waals surface area contributed by atoms with Crippen molar-refractivity contribution in [2.75, 3.05) is 18.4 Å². The van der Waals surface area contributed by atoms with E-state index in [0.29, 0.717) is 24.6 Å². The van der Waals surface area contributed by atoms with Crippen molar-refractivity contribution in [3.05, 3.63) is 10.6 Å². The Labute approximate surface area is 127 Å². The second-order valence-corrected chi connectivity index (χ2v) is 6.80. The summed E-state index contributed by atoms with van der Waals surface area (Å²) in [5.74, 6) is -0.546. The molecule has 3 N–H and O–H groups in total. The summed E-state index contributed by atoms with van der Waals surface area (Å²) in [7, 11) is 0. The molecule has 114 valence electrons. The van der Waals surface area contributed by atoms with E-state index < -0.39 is 0 Å². The Kier molecular flexibility index (Phi) is 4.10. The maximum atomic E-state index is 12.2. The molecule has 1 aliphatic carbocycles. The molecule has 1 fully saturated rings. The van der Waals surface area contributed by atoms with Crippen molar-refractivity contribution in [3.8, 4) is 0 Å². The van der Waals surface area contributed by atoms with E-state index in [4.69, 9.17) is 5.73 Å². The highest BCUT2D eigenvalue weighted by Gasteiger charge is 2.30. The van der Waals surface area contributed by atoms with Gasteiger partial charge in [0.2, 0.25) is 5.91 Å². The van der Waals surface area contributed by atoms with E-state index in [1.54, 1.807) is 16.2 Å². The number of primary amides is 1. The number of likely N-dealkylation sites (tertiary alicyclic amines) is 1. The lowest BCUT2D eigenvalue weighted by atomic mass is 10.1. The van der Waals surface area contributed by atoms with E-state index in [0.717, 1.165) is 18.5 Å². The highest BCUT2D eigenvalue weighted by molar-refractivity contribution is 7.15. The number of thiazole rings is 1. The van der Waals surface area contributed by atoms with Gasteiger partial charge in [-0.3, -0.25) is 10.1 Å². The Morgan fingerprint density at radius 3 is 2.86 bits per heavy atom. The molecule has 7 heteroatoms. The van der Waals surface area contributed by atoms with Crippen LogP contribution in [0.25, 0.3) is 0 Å². The average molecular weight is 308 g/mol. The van der Waals surface area contributed by atoms with Gasteiger partial charge in [-0.1, -0.05) is 6.42 Å². The number of amides is 3. The third-order valence-electron chi connectivity index (χ3n) is 4.19. The first-order chi connectivity index (χ1) is 10.1. The molecule has 0 aromatic carbocycles. The number of fused-ring (bicyclic) bond motifs is 1. The van der Waals surface area contributed by atoms with Gasteiger partial charge in [-0.2, -0.15) is 0 Å². The number of hydrogen-bond donors (Lipinski definition) is 2. The summed E-state index contributed by atoms with van der Waals surface area (Å²) in [5.41, 5.74) is 6.43. The Balaban J connectivity index is 1.62. The fourth-order valence-electron chi connectivity index (χ4n) is 2.93. The smallest absolute Gasteiger partial charge is 0.323 e. The number of aromatic nitrogens is 1. The number of nitrogens with two attached hydrogens (primary N) is 1. The molecule has 6 nitrogen and oxygen atoms in total. The van der Waals surface area contributed by atoms with Crippen LogP contribution in [0.5, 0.6) is 0 Å². The maximum Gasteiger partial charge on any atom is 0.323 e. The minimum absolute atomic E-state index is 0.178. The van der Waals surface area contributed by atoms with E-state index >= 15 is 0 Å². The van der Waals surface area contributed by atoms with Gasteiger partial charge >= 0.3 is 6.03 Å². The molecule has 3 rings (SSSR count). The molecule has 1 unspecified atom stereocenters. The molecular formula is C14H20N4O2S. The number of rotatable bonds is 2. The summed E-state index contributed by atoms with van der Waals surface area (Å²) >= 11 is 1.58. The van der Waals surface area contributed by atoms with Crippen molar-refractivity contribution in [3.63, 3.8) is 0 Å². The molecular weight excluding hydrogens is 288 g/mol. The number of urea groups is 1. The standard InChI is InChI=1S/C14H20N4O2S/c15-12(19)9-6-7-18(8-9)14(20)17-13-16-10-4-2-1-3-5-11(10)21-13/h9H,1-8H2,(H2,15,19)(H,16,17,20). The molecule has 21 heavy (non-hydrogen) atoms. The largest absolute Gasteiger partial charge is 0.369 e. The molecule has 0 bridgehead atoms. The Hall–Kier alpha value is -1.63. The van der Waals surface area contributed by atoms with Crippen LogP contribution in [0, 0.1) is 5.92 Å². The number of carbonyl (C=O) groups is 2. The predicted octanol–water partition coefficient (Wildman–Crippen LogP) is 1.75. The first-order valence-electron chi connectivity index (χ1n) is 7.47. The number of nitrogens with one attached hydrogen (secondary N) is 1. The van der Waals surface area contributed by atoms with Crippen LogP contribution < -0.4 is 11.1 Å². The van der Waals surface area contributed by atoms with E-state index in [-0.39, 0.29) is 17.9 Å². The topological polar surface area (TPSA) is 88.3 Å². The van der Waals surface area contributed by atoms with Crippen molar-refractivity contribution in [1.29, 1.82) is 0 Å². The monoisotopic (exact) mass is 308 g/mol. The van der Waals surface area contributed by atoms with Crippen molar-refractivity contribution in [2.24, 2.45) is 11.7 Å². The van der Waals surface area contributed by atoms with Crippen LogP contribution in [0.4, 0.5) is 9.93 Å². The number of anilines is 1. The fourth-order valence-corrected chi connectivity index (χ4v) is 3.97. The summed E-state index contributed by atoms with van der Waals surface area (Å²) in [6.07, 6.45) is 6.36. The molecule has 2 heterocycles. The molecule has 3 amide bonds. The van der Waals surface area contributed by atoms with Gasteiger partial charge in [-0.15, -0.1) is 11.3 Å². The average Bonchev–Trinajstić information content (AvgIpc) is 3.02. The van der Waals surface area contributed by atoms with Crippen LogP contribution in [-0.4, -0.2) is 34.9 Å². The third-order valence-corrected chi connectivity index (χ3v) is 5.26. The number of hydrogen-bond acceptors (Lipinski definition) is 4. The predicted molar refractivity (Wildman–Crippen MR) is 81.3 cm³/mol. The molecule has 1 aromatic heterocycles. The van der Waals surface area contributed by atoms with Crippen molar-refractivity contribution < 1.29 is 9.59 Å². The summed E-state index contributed by atoms with van der Waals surface area (Å²) < 4.78 is 0. The lowest BCUT2D eigenvalue weighted by Crippen LogP contribution is -2.34. The van der Waals surface area contributed by atoms with Gasteiger partial charge in [0.15, 0.2) is 5.13 Å². The lowest BCUT2D eigenvalue weighted by molar-refractivity contribution is -0.121. The van der Waals surface area contributed by atoms with Gasteiger partial charge in [0, 0.05) is 18.0 Å². The van der Waals surface area contributed by atoms with Crippen LogP contribution in [-0.2, 0) is 17.6 Å². The molecule has 0 radical (unpaired) electrons. The minimum atomic E-state index is -0.328. The molecule has 1 saturated heterocycles. The minimum Gasteiger partial charge on any atom is -0.369 e. The highest BCUT2D eigenvalue weighted by Crippen LogP contribution is 2.29. The molecule has 1 aliphatic heterocycles. The molecule has 1 aromatic rings. The Bertz CT molecular complexity index is 534. The third kappa shape index (κ3) is 3.18. The summed E-state index contributed by atoms with van der Waals surface area (Å²) in [6.45, 7) is 0.983. The second-order valence-electron chi connectivity index (χ2n) is 5.71. The van der Waals surface area contributed by atoms with Crippen LogP contribution in [0.2, 0.25) is 0 Å². The van der Waals surface area contributed by atoms with E-state index in [1.807, 2.05) is 0 Å². The van der Waals surface area contributed by atoms with Gasteiger partial charge < -0.3 is 10.6 Å². The Morgan fingerprint density at radius 1 is 1.29 bits per heavy atom. The molecule has 0 saturated carbocycles. The van der Waals surface area contributed by atoms with Crippen LogP contribution in [0.3, 0.4) is 0 Å². The maximum absolute atomic E-state index is 12.2. The zero-order valence-corrected chi connectivity index (χ0v) is 12.7.